The minimum Gasteiger partial charge on any atom is -0.353 e. The van der Waals surface area contributed by atoms with Gasteiger partial charge in [0, 0.05) is 18.3 Å². The first-order chi connectivity index (χ1) is 10.2. The second-order valence-corrected chi connectivity index (χ2v) is 6.75. The number of carbonyl (C=O) groups is 2. The van der Waals surface area contributed by atoms with E-state index in [2.05, 4.69) is 29.6 Å². The van der Waals surface area contributed by atoms with E-state index in [0.29, 0.717) is 24.1 Å². The van der Waals surface area contributed by atoms with Gasteiger partial charge in [0.05, 0.1) is 12.3 Å². The molecule has 1 N–H and O–H groups in total. The Hall–Kier alpha value is -1.49. The zero-order valence-corrected chi connectivity index (χ0v) is 12.8. The Balaban J connectivity index is 1.58. The molecule has 0 bridgehead atoms. The van der Waals surface area contributed by atoms with E-state index in [1.54, 1.807) is 16.7 Å². The van der Waals surface area contributed by atoms with Gasteiger partial charge in [0.25, 0.3) is 0 Å². The fraction of sp³-hybridized carbons (Fsp3) is 0.500. The molecule has 1 atom stereocenters. The number of nitrogens with one attached hydrogen (secondary N) is 1. The van der Waals surface area contributed by atoms with Crippen LogP contribution in [0.5, 0.6) is 0 Å². The molecular formula is C16H20N2O2S. The fourth-order valence-corrected chi connectivity index (χ4v) is 4.27. The number of carbonyl (C=O) groups excluding carboxylic acids is 2. The molecule has 3 rings (SSSR count). The minimum absolute atomic E-state index is 0.0531. The molecular weight excluding hydrogens is 284 g/mol. The highest BCUT2D eigenvalue weighted by Gasteiger charge is 2.24. The number of hydrogen-bond donors (Lipinski definition) is 1. The van der Waals surface area contributed by atoms with Crippen molar-refractivity contribution < 1.29 is 9.59 Å². The molecule has 0 aromatic heterocycles. The summed E-state index contributed by atoms with van der Waals surface area (Å²) in [6.07, 6.45) is 3.47. The van der Waals surface area contributed by atoms with Crippen LogP contribution in [-0.2, 0) is 16.0 Å². The predicted octanol–water partition coefficient (Wildman–Crippen LogP) is 1.76. The van der Waals surface area contributed by atoms with E-state index in [-0.39, 0.29) is 18.4 Å². The minimum atomic E-state index is -0.0531. The van der Waals surface area contributed by atoms with Crippen molar-refractivity contribution in [3.8, 4) is 0 Å². The van der Waals surface area contributed by atoms with E-state index in [0.717, 1.165) is 12.8 Å². The molecule has 1 heterocycles. The van der Waals surface area contributed by atoms with E-state index in [1.165, 1.54) is 17.5 Å². The molecule has 5 heteroatoms. The lowest BCUT2D eigenvalue weighted by Crippen LogP contribution is -2.50. The van der Waals surface area contributed by atoms with Crippen LogP contribution in [0.2, 0.25) is 0 Å². The summed E-state index contributed by atoms with van der Waals surface area (Å²) in [5.41, 5.74) is 2.81. The molecule has 1 saturated heterocycles. The average molecular weight is 304 g/mol. The Bertz CT molecular complexity index is 547. The molecule has 0 spiro atoms. The first kappa shape index (κ1) is 14.4. The molecule has 4 nitrogen and oxygen atoms in total. The van der Waals surface area contributed by atoms with Crippen LogP contribution in [0.4, 0.5) is 0 Å². The highest BCUT2D eigenvalue weighted by molar-refractivity contribution is 8.00. The van der Waals surface area contributed by atoms with Crippen molar-refractivity contribution in [1.82, 2.24) is 10.2 Å². The number of rotatable bonds is 3. The molecule has 1 aromatic carbocycles. The SMILES string of the molecule is O=C1CN(C(=O)CS[C@H]2CCCc3ccccc32)CCN1. The Labute approximate surface area is 129 Å². The van der Waals surface area contributed by atoms with E-state index in [9.17, 15) is 9.59 Å². The number of hydrogen-bond acceptors (Lipinski definition) is 3. The van der Waals surface area contributed by atoms with Crippen molar-refractivity contribution in [3.63, 3.8) is 0 Å². The third-order valence-corrected chi connectivity index (χ3v) is 5.42. The van der Waals surface area contributed by atoms with Gasteiger partial charge in [0.15, 0.2) is 0 Å². The fourth-order valence-electron chi connectivity index (χ4n) is 3.00. The van der Waals surface area contributed by atoms with Gasteiger partial charge in [0.2, 0.25) is 11.8 Å². The summed E-state index contributed by atoms with van der Waals surface area (Å²) in [5, 5.41) is 3.16. The van der Waals surface area contributed by atoms with Crippen molar-refractivity contribution in [3.05, 3.63) is 35.4 Å². The van der Waals surface area contributed by atoms with Gasteiger partial charge < -0.3 is 10.2 Å². The van der Waals surface area contributed by atoms with E-state index < -0.39 is 0 Å². The zero-order valence-electron chi connectivity index (χ0n) is 12.0. The van der Waals surface area contributed by atoms with Gasteiger partial charge >= 0.3 is 0 Å². The van der Waals surface area contributed by atoms with Gasteiger partial charge in [-0.05, 0) is 30.4 Å². The topological polar surface area (TPSA) is 49.4 Å². The normalized spacial score (nSPS) is 21.6. The monoisotopic (exact) mass is 304 g/mol. The quantitative estimate of drug-likeness (QED) is 0.925. The number of aryl methyl sites for hydroxylation is 1. The molecule has 2 aliphatic rings. The van der Waals surface area contributed by atoms with Crippen LogP contribution >= 0.6 is 11.8 Å². The van der Waals surface area contributed by atoms with Gasteiger partial charge in [-0.3, -0.25) is 9.59 Å². The standard InChI is InChI=1S/C16H20N2O2S/c19-15-10-18(9-8-17-15)16(20)11-21-14-7-3-5-12-4-1-2-6-13(12)14/h1-2,4,6,14H,3,5,7-11H2,(H,17,19)/t14-/m0/s1. The number of nitrogens with zero attached hydrogens (tertiary/aromatic N) is 1. The highest BCUT2D eigenvalue weighted by atomic mass is 32.2. The van der Waals surface area contributed by atoms with E-state index in [1.807, 2.05) is 0 Å². The number of fused-ring (bicyclic) bond motifs is 1. The Morgan fingerprint density at radius 3 is 3.10 bits per heavy atom. The Morgan fingerprint density at radius 2 is 2.24 bits per heavy atom. The highest BCUT2D eigenvalue weighted by Crippen LogP contribution is 2.39. The molecule has 0 radical (unpaired) electrons. The lowest BCUT2D eigenvalue weighted by molar-refractivity contribution is -0.136. The van der Waals surface area contributed by atoms with Crippen LogP contribution in [0.3, 0.4) is 0 Å². The van der Waals surface area contributed by atoms with Gasteiger partial charge in [-0.25, -0.2) is 0 Å². The van der Waals surface area contributed by atoms with Crippen LogP contribution in [0.25, 0.3) is 0 Å². The van der Waals surface area contributed by atoms with Crippen molar-refractivity contribution >= 4 is 23.6 Å². The number of amides is 2. The third kappa shape index (κ3) is 3.40. The van der Waals surface area contributed by atoms with Crippen molar-refractivity contribution in [1.29, 1.82) is 0 Å². The van der Waals surface area contributed by atoms with Gasteiger partial charge in [0.1, 0.15) is 0 Å². The molecule has 21 heavy (non-hydrogen) atoms. The second kappa shape index (κ2) is 6.52. The van der Waals surface area contributed by atoms with Crippen molar-refractivity contribution in [2.45, 2.75) is 24.5 Å². The van der Waals surface area contributed by atoms with Gasteiger partial charge in [-0.1, -0.05) is 24.3 Å². The molecule has 2 amide bonds. The first-order valence-corrected chi connectivity index (χ1v) is 8.53. The van der Waals surface area contributed by atoms with Crippen molar-refractivity contribution in [2.24, 2.45) is 0 Å². The molecule has 112 valence electrons. The summed E-state index contributed by atoms with van der Waals surface area (Å²) in [5.74, 6) is 0.493. The average Bonchev–Trinajstić information content (AvgIpc) is 2.52. The number of thioether (sulfide) groups is 1. The Kier molecular flexibility index (Phi) is 4.48. The van der Waals surface area contributed by atoms with Crippen LogP contribution in [0.15, 0.2) is 24.3 Å². The second-order valence-electron chi connectivity index (χ2n) is 5.56. The maximum absolute atomic E-state index is 12.2. The maximum Gasteiger partial charge on any atom is 0.239 e. The molecule has 0 unspecified atom stereocenters. The lowest BCUT2D eigenvalue weighted by Gasteiger charge is -2.28. The summed E-state index contributed by atoms with van der Waals surface area (Å²) in [6.45, 7) is 1.41. The number of benzene rings is 1. The summed E-state index contributed by atoms with van der Waals surface area (Å²) in [7, 11) is 0. The van der Waals surface area contributed by atoms with E-state index in [4.69, 9.17) is 0 Å². The van der Waals surface area contributed by atoms with Gasteiger partial charge in [-0.15, -0.1) is 11.8 Å². The lowest BCUT2D eigenvalue weighted by atomic mass is 9.91. The smallest absolute Gasteiger partial charge is 0.239 e. The molecule has 1 fully saturated rings. The van der Waals surface area contributed by atoms with Crippen molar-refractivity contribution in [2.75, 3.05) is 25.4 Å². The summed E-state index contributed by atoms with van der Waals surface area (Å²) in [6, 6.07) is 8.54. The number of piperazine rings is 1. The first-order valence-electron chi connectivity index (χ1n) is 7.48. The Morgan fingerprint density at radius 1 is 1.38 bits per heavy atom. The largest absolute Gasteiger partial charge is 0.353 e. The van der Waals surface area contributed by atoms with Crippen LogP contribution in [-0.4, -0.2) is 42.1 Å². The summed E-state index contributed by atoms with van der Waals surface area (Å²) < 4.78 is 0. The molecule has 1 aliphatic carbocycles. The van der Waals surface area contributed by atoms with E-state index >= 15 is 0 Å². The maximum atomic E-state index is 12.2. The van der Waals surface area contributed by atoms with Crippen LogP contribution in [0, 0.1) is 0 Å². The molecule has 0 saturated carbocycles. The molecule has 1 aromatic rings. The van der Waals surface area contributed by atoms with Gasteiger partial charge in [-0.2, -0.15) is 0 Å². The molecule has 1 aliphatic heterocycles. The predicted molar refractivity (Wildman–Crippen MR) is 84.2 cm³/mol. The van der Waals surface area contributed by atoms with Crippen LogP contribution in [0.1, 0.15) is 29.2 Å². The third-order valence-electron chi connectivity index (χ3n) is 4.11. The zero-order chi connectivity index (χ0) is 14.7. The summed E-state index contributed by atoms with van der Waals surface area (Å²) in [4.78, 5) is 25.2. The summed E-state index contributed by atoms with van der Waals surface area (Å²) >= 11 is 1.72. The van der Waals surface area contributed by atoms with Crippen LogP contribution < -0.4 is 5.32 Å².